The fourth-order valence-electron chi connectivity index (χ4n) is 1.16. The van der Waals surface area contributed by atoms with E-state index in [2.05, 4.69) is 14.7 Å². The van der Waals surface area contributed by atoms with E-state index >= 15 is 0 Å². The first-order valence-electron chi connectivity index (χ1n) is 4.46. The van der Waals surface area contributed by atoms with E-state index in [0.29, 0.717) is 11.5 Å². The van der Waals surface area contributed by atoms with Gasteiger partial charge in [0.25, 0.3) is 10.0 Å². The molecule has 0 unspecified atom stereocenters. The molecule has 0 atom stereocenters. The molecule has 7 heteroatoms. The van der Waals surface area contributed by atoms with Crippen molar-refractivity contribution in [1.29, 1.82) is 0 Å². The Kier molecular flexibility index (Phi) is 2.53. The Labute approximate surface area is 92.6 Å². The highest BCUT2D eigenvalue weighted by atomic mass is 32.2. The third-order valence-corrected chi connectivity index (χ3v) is 3.23. The lowest BCUT2D eigenvalue weighted by Crippen LogP contribution is -2.13. The first-order chi connectivity index (χ1) is 7.58. The average molecular weight is 238 g/mol. The molecule has 0 aromatic carbocycles. The van der Waals surface area contributed by atoms with Crippen molar-refractivity contribution in [3.05, 3.63) is 36.7 Å². The van der Waals surface area contributed by atoms with Crippen molar-refractivity contribution in [3.8, 4) is 0 Å². The molecule has 0 saturated carbocycles. The van der Waals surface area contributed by atoms with Crippen LogP contribution in [0.2, 0.25) is 0 Å². The second-order valence-corrected chi connectivity index (χ2v) is 4.76. The molecule has 0 saturated heterocycles. The molecule has 0 spiro atoms. The van der Waals surface area contributed by atoms with Crippen LogP contribution in [0.4, 0.5) is 11.5 Å². The number of hydrogen-bond donors (Lipinski definition) is 3. The predicted octanol–water partition coefficient (Wildman–Crippen LogP) is 0.793. The normalized spacial score (nSPS) is 11.2. The van der Waals surface area contributed by atoms with Crippen LogP contribution in [0.25, 0.3) is 0 Å². The average Bonchev–Trinajstić information content (AvgIpc) is 2.75. The summed E-state index contributed by atoms with van der Waals surface area (Å²) in [6.07, 6.45) is 2.89. The van der Waals surface area contributed by atoms with Crippen molar-refractivity contribution >= 4 is 21.5 Å². The van der Waals surface area contributed by atoms with Gasteiger partial charge >= 0.3 is 0 Å². The van der Waals surface area contributed by atoms with Crippen LogP contribution < -0.4 is 10.5 Å². The van der Waals surface area contributed by atoms with Crippen LogP contribution >= 0.6 is 0 Å². The summed E-state index contributed by atoms with van der Waals surface area (Å²) < 4.78 is 25.9. The van der Waals surface area contributed by atoms with Gasteiger partial charge in [-0.15, -0.1) is 0 Å². The van der Waals surface area contributed by atoms with Gasteiger partial charge in [-0.25, -0.2) is 4.98 Å². The van der Waals surface area contributed by atoms with Crippen LogP contribution in [-0.4, -0.2) is 18.4 Å². The van der Waals surface area contributed by atoms with E-state index in [1.807, 2.05) is 0 Å². The zero-order valence-corrected chi connectivity index (χ0v) is 9.03. The number of hydrogen-bond acceptors (Lipinski definition) is 4. The summed E-state index contributed by atoms with van der Waals surface area (Å²) in [6, 6.07) is 6.14. The summed E-state index contributed by atoms with van der Waals surface area (Å²) in [7, 11) is -3.57. The quantitative estimate of drug-likeness (QED) is 0.735. The van der Waals surface area contributed by atoms with E-state index in [4.69, 9.17) is 5.73 Å². The maximum atomic E-state index is 11.7. The minimum atomic E-state index is -3.57. The molecule has 0 radical (unpaired) electrons. The van der Waals surface area contributed by atoms with E-state index in [1.54, 1.807) is 12.1 Å². The van der Waals surface area contributed by atoms with Gasteiger partial charge in [0.1, 0.15) is 5.82 Å². The summed E-state index contributed by atoms with van der Waals surface area (Å²) in [5.41, 5.74) is 5.76. The lowest BCUT2D eigenvalue weighted by Gasteiger charge is -2.05. The molecule has 4 N–H and O–H groups in total. The van der Waals surface area contributed by atoms with E-state index in [9.17, 15) is 8.42 Å². The third kappa shape index (κ3) is 2.14. The van der Waals surface area contributed by atoms with Gasteiger partial charge in [-0.05, 0) is 24.3 Å². The number of nitrogens with zero attached hydrogens (tertiary/aromatic N) is 1. The SMILES string of the molecule is Nc1ccc(NS(=O)(=O)c2ccc[nH]2)cn1. The zero-order valence-electron chi connectivity index (χ0n) is 8.21. The summed E-state index contributed by atoms with van der Waals surface area (Å²) in [4.78, 5) is 6.40. The van der Waals surface area contributed by atoms with Crippen LogP contribution in [0.15, 0.2) is 41.7 Å². The Balaban J connectivity index is 2.25. The fourth-order valence-corrected chi connectivity index (χ4v) is 2.18. The van der Waals surface area contributed by atoms with Gasteiger partial charge in [0.15, 0.2) is 5.03 Å². The molecule has 2 heterocycles. The van der Waals surface area contributed by atoms with E-state index in [0.717, 1.165) is 0 Å². The lowest BCUT2D eigenvalue weighted by molar-refractivity contribution is 0.598. The highest BCUT2D eigenvalue weighted by Gasteiger charge is 2.14. The van der Waals surface area contributed by atoms with Gasteiger partial charge < -0.3 is 10.7 Å². The predicted molar refractivity (Wildman–Crippen MR) is 60.3 cm³/mol. The third-order valence-electron chi connectivity index (χ3n) is 1.90. The fraction of sp³-hybridized carbons (Fsp3) is 0. The van der Waals surface area contributed by atoms with Crippen LogP contribution in [0.5, 0.6) is 0 Å². The molecule has 0 aliphatic heterocycles. The van der Waals surface area contributed by atoms with Gasteiger partial charge in [0.2, 0.25) is 0 Å². The van der Waals surface area contributed by atoms with Crippen molar-refractivity contribution < 1.29 is 8.42 Å². The molecule has 16 heavy (non-hydrogen) atoms. The molecule has 0 aliphatic rings. The van der Waals surface area contributed by atoms with Gasteiger partial charge in [-0.3, -0.25) is 4.72 Å². The van der Waals surface area contributed by atoms with Crippen LogP contribution in [0, 0.1) is 0 Å². The molecule has 2 aromatic rings. The minimum Gasteiger partial charge on any atom is -0.384 e. The molecule has 0 amide bonds. The van der Waals surface area contributed by atoms with E-state index < -0.39 is 10.0 Å². The van der Waals surface area contributed by atoms with Crippen LogP contribution in [0.3, 0.4) is 0 Å². The standard InChI is InChI=1S/C9H10N4O2S/c10-8-4-3-7(6-12-8)13-16(14,15)9-2-1-5-11-9/h1-6,11,13H,(H2,10,12). The first-order valence-corrected chi connectivity index (χ1v) is 5.94. The van der Waals surface area contributed by atoms with Gasteiger partial charge in [0.05, 0.1) is 11.9 Å². The maximum Gasteiger partial charge on any atom is 0.277 e. The van der Waals surface area contributed by atoms with Crippen LogP contribution in [0.1, 0.15) is 0 Å². The topological polar surface area (TPSA) is 101 Å². The Morgan fingerprint density at radius 1 is 1.31 bits per heavy atom. The van der Waals surface area contributed by atoms with E-state index in [-0.39, 0.29) is 5.03 Å². The van der Waals surface area contributed by atoms with Crippen molar-refractivity contribution in [2.24, 2.45) is 0 Å². The summed E-state index contributed by atoms with van der Waals surface area (Å²) in [5, 5.41) is 0.101. The number of nitrogen functional groups attached to an aromatic ring is 1. The number of anilines is 2. The number of pyridine rings is 1. The van der Waals surface area contributed by atoms with Gasteiger partial charge in [0, 0.05) is 6.20 Å². The summed E-state index contributed by atoms with van der Waals surface area (Å²) in [5.74, 6) is 0.336. The van der Waals surface area contributed by atoms with Crippen molar-refractivity contribution in [2.75, 3.05) is 10.5 Å². The zero-order chi connectivity index (χ0) is 11.6. The van der Waals surface area contributed by atoms with Crippen molar-refractivity contribution in [2.45, 2.75) is 5.03 Å². The monoisotopic (exact) mass is 238 g/mol. The number of sulfonamides is 1. The first kappa shape index (κ1) is 10.5. The summed E-state index contributed by atoms with van der Waals surface area (Å²) in [6.45, 7) is 0. The Hall–Kier alpha value is -2.02. The van der Waals surface area contributed by atoms with Crippen LogP contribution in [-0.2, 0) is 10.0 Å². The highest BCUT2D eigenvalue weighted by molar-refractivity contribution is 7.92. The minimum absolute atomic E-state index is 0.101. The summed E-state index contributed by atoms with van der Waals surface area (Å²) >= 11 is 0. The number of nitrogens with two attached hydrogens (primary N) is 1. The Bertz CT molecular complexity index is 560. The molecule has 2 rings (SSSR count). The number of rotatable bonds is 3. The molecule has 6 nitrogen and oxygen atoms in total. The van der Waals surface area contributed by atoms with Gasteiger partial charge in [-0.2, -0.15) is 8.42 Å². The molecule has 0 fully saturated rings. The molecule has 0 aliphatic carbocycles. The maximum absolute atomic E-state index is 11.7. The number of H-pyrrole nitrogens is 1. The van der Waals surface area contributed by atoms with Crippen molar-refractivity contribution in [3.63, 3.8) is 0 Å². The lowest BCUT2D eigenvalue weighted by atomic mass is 10.4. The smallest absolute Gasteiger partial charge is 0.277 e. The van der Waals surface area contributed by atoms with E-state index in [1.165, 1.54) is 24.5 Å². The molecule has 84 valence electrons. The van der Waals surface area contributed by atoms with Crippen molar-refractivity contribution in [1.82, 2.24) is 9.97 Å². The number of nitrogens with one attached hydrogen (secondary N) is 2. The molecular formula is C9H10N4O2S. The van der Waals surface area contributed by atoms with Gasteiger partial charge in [-0.1, -0.05) is 0 Å². The molecule has 0 bridgehead atoms. The number of aromatic nitrogens is 2. The Morgan fingerprint density at radius 3 is 2.69 bits per heavy atom. The highest BCUT2D eigenvalue weighted by Crippen LogP contribution is 2.13. The second kappa shape index (κ2) is 3.86. The Morgan fingerprint density at radius 2 is 2.12 bits per heavy atom. The molecule has 2 aromatic heterocycles. The largest absolute Gasteiger partial charge is 0.384 e. The number of aromatic amines is 1. The second-order valence-electron chi connectivity index (χ2n) is 3.11. The molecular weight excluding hydrogens is 228 g/mol.